The first-order valence-corrected chi connectivity index (χ1v) is 8.56. The fraction of sp³-hybridized carbons (Fsp3) is 0.294. The molecule has 0 spiro atoms. The Kier molecular flexibility index (Phi) is 6.27. The van der Waals surface area contributed by atoms with Gasteiger partial charge in [0.15, 0.2) is 0 Å². The SMILES string of the molecule is CCOc1ccc(Br)cc1C(Cc1cccc(Br)c1)NC. The molecule has 4 heteroatoms. The van der Waals surface area contributed by atoms with Gasteiger partial charge in [0.2, 0.25) is 0 Å². The van der Waals surface area contributed by atoms with E-state index in [1.54, 1.807) is 0 Å². The third-order valence-electron chi connectivity index (χ3n) is 3.32. The maximum absolute atomic E-state index is 5.77. The number of likely N-dealkylation sites (N-methyl/N-ethyl adjacent to an activating group) is 1. The van der Waals surface area contributed by atoms with E-state index in [0.717, 1.165) is 21.1 Å². The smallest absolute Gasteiger partial charge is 0.124 e. The molecule has 1 unspecified atom stereocenters. The summed E-state index contributed by atoms with van der Waals surface area (Å²) in [6, 6.07) is 14.8. The first kappa shape index (κ1) is 16.5. The van der Waals surface area contributed by atoms with E-state index < -0.39 is 0 Å². The molecule has 0 fully saturated rings. The van der Waals surface area contributed by atoms with Crippen molar-refractivity contribution in [2.45, 2.75) is 19.4 Å². The summed E-state index contributed by atoms with van der Waals surface area (Å²) in [5.41, 5.74) is 2.46. The van der Waals surface area contributed by atoms with Crippen LogP contribution in [0.5, 0.6) is 5.75 Å². The van der Waals surface area contributed by atoms with E-state index in [-0.39, 0.29) is 6.04 Å². The minimum Gasteiger partial charge on any atom is -0.494 e. The Morgan fingerprint density at radius 3 is 2.52 bits per heavy atom. The number of ether oxygens (including phenoxy) is 1. The molecule has 0 amide bonds. The van der Waals surface area contributed by atoms with E-state index in [0.29, 0.717) is 6.61 Å². The molecule has 0 saturated heterocycles. The summed E-state index contributed by atoms with van der Waals surface area (Å²) in [5, 5.41) is 3.40. The highest BCUT2D eigenvalue weighted by atomic mass is 79.9. The fourth-order valence-corrected chi connectivity index (χ4v) is 3.17. The lowest BCUT2D eigenvalue weighted by Gasteiger charge is -2.20. The lowest BCUT2D eigenvalue weighted by molar-refractivity contribution is 0.332. The summed E-state index contributed by atoms with van der Waals surface area (Å²) in [6.45, 7) is 2.68. The van der Waals surface area contributed by atoms with Gasteiger partial charge in [0.1, 0.15) is 5.75 Å². The monoisotopic (exact) mass is 411 g/mol. The average Bonchev–Trinajstić information content (AvgIpc) is 2.47. The number of halogens is 2. The minimum atomic E-state index is 0.207. The molecule has 2 nitrogen and oxygen atoms in total. The van der Waals surface area contributed by atoms with Crippen LogP contribution in [0.2, 0.25) is 0 Å². The zero-order valence-electron chi connectivity index (χ0n) is 12.2. The summed E-state index contributed by atoms with van der Waals surface area (Å²) in [5.74, 6) is 0.940. The molecule has 2 aromatic carbocycles. The van der Waals surface area contributed by atoms with Gasteiger partial charge in [-0.3, -0.25) is 0 Å². The van der Waals surface area contributed by atoms with Crippen molar-refractivity contribution in [3.8, 4) is 5.75 Å². The van der Waals surface area contributed by atoms with Gasteiger partial charge in [-0.25, -0.2) is 0 Å². The van der Waals surface area contributed by atoms with Crippen LogP contribution in [0.1, 0.15) is 24.1 Å². The maximum atomic E-state index is 5.77. The highest BCUT2D eigenvalue weighted by Gasteiger charge is 2.16. The Hall–Kier alpha value is -0.840. The largest absolute Gasteiger partial charge is 0.494 e. The average molecular weight is 413 g/mol. The van der Waals surface area contributed by atoms with Crippen LogP contribution in [0.15, 0.2) is 51.4 Å². The van der Waals surface area contributed by atoms with Crippen LogP contribution in [0.4, 0.5) is 0 Å². The Balaban J connectivity index is 2.30. The summed E-state index contributed by atoms with van der Waals surface area (Å²) in [6.07, 6.45) is 0.909. The zero-order valence-corrected chi connectivity index (χ0v) is 15.4. The number of hydrogen-bond donors (Lipinski definition) is 1. The van der Waals surface area contributed by atoms with Crippen LogP contribution in [0, 0.1) is 0 Å². The molecule has 0 saturated carbocycles. The van der Waals surface area contributed by atoms with Crippen molar-refractivity contribution in [2.24, 2.45) is 0 Å². The van der Waals surface area contributed by atoms with Crippen LogP contribution >= 0.6 is 31.9 Å². The molecular weight excluding hydrogens is 394 g/mol. The number of rotatable bonds is 6. The van der Waals surface area contributed by atoms with Gasteiger partial charge in [-0.05, 0) is 56.3 Å². The van der Waals surface area contributed by atoms with Gasteiger partial charge in [0, 0.05) is 20.6 Å². The van der Waals surface area contributed by atoms with E-state index in [4.69, 9.17) is 4.74 Å². The lowest BCUT2D eigenvalue weighted by atomic mass is 9.98. The highest BCUT2D eigenvalue weighted by Crippen LogP contribution is 2.31. The van der Waals surface area contributed by atoms with Gasteiger partial charge in [-0.2, -0.15) is 0 Å². The van der Waals surface area contributed by atoms with E-state index in [1.807, 2.05) is 32.2 Å². The molecule has 0 aliphatic heterocycles. The van der Waals surface area contributed by atoms with Crippen molar-refractivity contribution >= 4 is 31.9 Å². The number of benzene rings is 2. The maximum Gasteiger partial charge on any atom is 0.124 e. The van der Waals surface area contributed by atoms with E-state index in [1.165, 1.54) is 11.1 Å². The summed E-state index contributed by atoms with van der Waals surface area (Å²) in [7, 11) is 1.99. The molecule has 0 radical (unpaired) electrons. The highest BCUT2D eigenvalue weighted by molar-refractivity contribution is 9.10. The molecular formula is C17H19Br2NO. The molecule has 0 aromatic heterocycles. The summed E-state index contributed by atoms with van der Waals surface area (Å²) in [4.78, 5) is 0. The first-order chi connectivity index (χ1) is 10.1. The predicted octanol–water partition coefficient (Wildman–Crippen LogP) is 5.11. The molecule has 21 heavy (non-hydrogen) atoms. The Bertz CT molecular complexity index is 601. The Morgan fingerprint density at radius 2 is 1.86 bits per heavy atom. The minimum absolute atomic E-state index is 0.207. The van der Waals surface area contributed by atoms with Crippen molar-refractivity contribution < 1.29 is 4.74 Å². The normalized spacial score (nSPS) is 12.2. The number of nitrogens with one attached hydrogen (secondary N) is 1. The van der Waals surface area contributed by atoms with Crippen LogP contribution in [0.3, 0.4) is 0 Å². The van der Waals surface area contributed by atoms with Crippen LogP contribution in [-0.4, -0.2) is 13.7 Å². The summed E-state index contributed by atoms with van der Waals surface area (Å²) >= 11 is 7.08. The zero-order chi connectivity index (χ0) is 15.2. The first-order valence-electron chi connectivity index (χ1n) is 6.98. The lowest BCUT2D eigenvalue weighted by Crippen LogP contribution is -2.20. The third kappa shape index (κ3) is 4.56. The molecule has 2 rings (SSSR count). The fourth-order valence-electron chi connectivity index (χ4n) is 2.35. The van der Waals surface area contributed by atoms with Crippen molar-refractivity contribution in [2.75, 3.05) is 13.7 Å². The van der Waals surface area contributed by atoms with Gasteiger partial charge in [0.25, 0.3) is 0 Å². The molecule has 112 valence electrons. The third-order valence-corrected chi connectivity index (χ3v) is 4.31. The number of hydrogen-bond acceptors (Lipinski definition) is 2. The Labute approximate surface area is 143 Å². The van der Waals surface area contributed by atoms with Gasteiger partial charge in [0.05, 0.1) is 6.61 Å². The van der Waals surface area contributed by atoms with Gasteiger partial charge in [-0.1, -0.05) is 44.0 Å². The molecule has 2 aromatic rings. The van der Waals surface area contributed by atoms with E-state index >= 15 is 0 Å². The van der Waals surface area contributed by atoms with Crippen molar-refractivity contribution in [3.63, 3.8) is 0 Å². The van der Waals surface area contributed by atoms with E-state index in [2.05, 4.69) is 61.4 Å². The van der Waals surface area contributed by atoms with Gasteiger partial charge in [-0.15, -0.1) is 0 Å². The second-order valence-electron chi connectivity index (χ2n) is 4.79. The van der Waals surface area contributed by atoms with Crippen molar-refractivity contribution in [1.82, 2.24) is 5.32 Å². The van der Waals surface area contributed by atoms with Crippen molar-refractivity contribution in [1.29, 1.82) is 0 Å². The molecule has 1 N–H and O–H groups in total. The van der Waals surface area contributed by atoms with Gasteiger partial charge >= 0.3 is 0 Å². The molecule has 0 bridgehead atoms. The van der Waals surface area contributed by atoms with Crippen LogP contribution < -0.4 is 10.1 Å². The Morgan fingerprint density at radius 1 is 1.10 bits per heavy atom. The predicted molar refractivity (Wildman–Crippen MR) is 95.0 cm³/mol. The molecule has 0 heterocycles. The molecule has 0 aliphatic rings. The molecule has 1 atom stereocenters. The van der Waals surface area contributed by atoms with Crippen LogP contribution in [0.25, 0.3) is 0 Å². The van der Waals surface area contributed by atoms with Crippen molar-refractivity contribution in [3.05, 3.63) is 62.5 Å². The quantitative estimate of drug-likeness (QED) is 0.711. The van der Waals surface area contributed by atoms with Gasteiger partial charge < -0.3 is 10.1 Å². The summed E-state index contributed by atoms with van der Waals surface area (Å²) < 4.78 is 7.94. The van der Waals surface area contributed by atoms with E-state index in [9.17, 15) is 0 Å². The second-order valence-corrected chi connectivity index (χ2v) is 6.62. The topological polar surface area (TPSA) is 21.3 Å². The second kappa shape index (κ2) is 7.97. The molecule has 0 aliphatic carbocycles. The van der Waals surface area contributed by atoms with Crippen LogP contribution in [-0.2, 0) is 6.42 Å². The standard InChI is InChI=1S/C17H19Br2NO/c1-3-21-17-8-7-14(19)11-15(17)16(20-2)10-12-5-4-6-13(18)9-12/h4-9,11,16,20H,3,10H2,1-2H3.